The average Bonchev–Trinajstić information content (AvgIpc) is 2.65. The Kier molecular flexibility index (Phi) is 5.46. The molecule has 3 aromatic rings. The number of benzene rings is 2. The number of aryl methyl sites for hydroxylation is 1. The first kappa shape index (κ1) is 17.9. The molecular weight excluding hydrogens is 326 g/mol. The fourth-order valence-corrected chi connectivity index (χ4v) is 3.03. The van der Waals surface area contributed by atoms with Gasteiger partial charge in [-0.2, -0.15) is 0 Å². The maximum atomic E-state index is 12.4. The molecule has 0 spiro atoms. The van der Waals surface area contributed by atoms with Gasteiger partial charge in [-0.15, -0.1) is 0 Å². The molecule has 26 heavy (non-hydrogen) atoms. The number of hydrogen-bond donors (Lipinski definition) is 2. The lowest BCUT2D eigenvalue weighted by Crippen LogP contribution is -2.32. The number of aromatic amines is 1. The number of rotatable bonds is 6. The topological polar surface area (TPSA) is 74.8 Å². The fourth-order valence-electron chi connectivity index (χ4n) is 3.03. The summed E-state index contributed by atoms with van der Waals surface area (Å²) in [7, 11) is 0. The number of amides is 1. The molecule has 0 aliphatic carbocycles. The molecule has 0 aliphatic rings. The zero-order valence-electron chi connectivity index (χ0n) is 15.0. The van der Waals surface area contributed by atoms with Crippen molar-refractivity contribution in [1.29, 1.82) is 0 Å². The first-order chi connectivity index (χ1) is 12.5. The third kappa shape index (κ3) is 4.17. The van der Waals surface area contributed by atoms with E-state index in [-0.39, 0.29) is 29.8 Å². The summed E-state index contributed by atoms with van der Waals surface area (Å²) in [4.78, 5) is 31.7. The molecule has 5 nitrogen and oxygen atoms in total. The number of nitrogens with one attached hydrogen (secondary N) is 2. The van der Waals surface area contributed by atoms with Crippen molar-refractivity contribution in [2.24, 2.45) is 5.92 Å². The van der Waals surface area contributed by atoms with E-state index in [1.165, 1.54) is 0 Å². The van der Waals surface area contributed by atoms with E-state index in [1.54, 1.807) is 12.1 Å². The Morgan fingerprint density at radius 2 is 1.77 bits per heavy atom. The molecule has 0 saturated carbocycles. The van der Waals surface area contributed by atoms with Crippen molar-refractivity contribution in [2.45, 2.75) is 32.7 Å². The summed E-state index contributed by atoms with van der Waals surface area (Å²) in [6.07, 6.45) is 0.669. The van der Waals surface area contributed by atoms with Crippen LogP contribution in [0.25, 0.3) is 10.9 Å². The van der Waals surface area contributed by atoms with Gasteiger partial charge >= 0.3 is 0 Å². The fraction of sp³-hybridized carbons (Fsp3) is 0.286. The van der Waals surface area contributed by atoms with Crippen molar-refractivity contribution in [2.75, 3.05) is 0 Å². The number of aromatic nitrogens is 2. The van der Waals surface area contributed by atoms with E-state index in [9.17, 15) is 9.59 Å². The van der Waals surface area contributed by atoms with Crippen LogP contribution in [0.1, 0.15) is 37.7 Å². The molecule has 2 N–H and O–H groups in total. The number of hydrogen-bond acceptors (Lipinski definition) is 3. The largest absolute Gasteiger partial charge is 0.349 e. The summed E-state index contributed by atoms with van der Waals surface area (Å²) in [6, 6.07) is 17.1. The van der Waals surface area contributed by atoms with Gasteiger partial charge in [0.05, 0.1) is 16.9 Å². The molecule has 0 fully saturated rings. The minimum absolute atomic E-state index is 0.0349. The highest BCUT2D eigenvalue weighted by molar-refractivity contribution is 5.78. The van der Waals surface area contributed by atoms with Gasteiger partial charge in [0, 0.05) is 12.8 Å². The first-order valence-corrected chi connectivity index (χ1v) is 8.87. The Morgan fingerprint density at radius 3 is 2.50 bits per heavy atom. The minimum atomic E-state index is -0.171. The molecule has 134 valence electrons. The molecule has 3 rings (SSSR count). The van der Waals surface area contributed by atoms with E-state index >= 15 is 0 Å². The summed E-state index contributed by atoms with van der Waals surface area (Å²) in [5.74, 6) is 0.757. The summed E-state index contributed by atoms with van der Waals surface area (Å²) >= 11 is 0. The van der Waals surface area contributed by atoms with Crippen LogP contribution in [0.15, 0.2) is 59.4 Å². The third-order valence-electron chi connectivity index (χ3n) is 4.39. The van der Waals surface area contributed by atoms with Crippen molar-refractivity contribution in [3.8, 4) is 0 Å². The molecule has 1 heterocycles. The van der Waals surface area contributed by atoms with Crippen LogP contribution in [0.2, 0.25) is 0 Å². The Hall–Kier alpha value is -2.95. The van der Waals surface area contributed by atoms with Gasteiger partial charge in [0.15, 0.2) is 0 Å². The predicted molar refractivity (Wildman–Crippen MR) is 103 cm³/mol. The smallest absolute Gasteiger partial charge is 0.258 e. The van der Waals surface area contributed by atoms with E-state index in [1.807, 2.05) is 42.5 Å². The predicted octanol–water partition coefficient (Wildman–Crippen LogP) is 3.37. The van der Waals surface area contributed by atoms with Gasteiger partial charge in [-0.25, -0.2) is 4.98 Å². The van der Waals surface area contributed by atoms with Crippen LogP contribution in [0.4, 0.5) is 0 Å². The van der Waals surface area contributed by atoms with Crippen LogP contribution in [-0.2, 0) is 11.2 Å². The van der Waals surface area contributed by atoms with E-state index in [2.05, 4.69) is 29.1 Å². The molecule has 0 saturated heterocycles. The van der Waals surface area contributed by atoms with Gasteiger partial charge in [-0.1, -0.05) is 56.3 Å². The summed E-state index contributed by atoms with van der Waals surface area (Å²) in [5, 5.41) is 3.66. The molecule has 2 aromatic carbocycles. The normalized spacial score (nSPS) is 12.3. The Labute approximate surface area is 152 Å². The second-order valence-electron chi connectivity index (χ2n) is 6.73. The van der Waals surface area contributed by atoms with Crippen LogP contribution in [0.5, 0.6) is 0 Å². The summed E-state index contributed by atoms with van der Waals surface area (Å²) in [5.41, 5.74) is 1.57. The molecule has 0 aliphatic heterocycles. The van der Waals surface area contributed by atoms with Crippen LogP contribution < -0.4 is 10.9 Å². The van der Waals surface area contributed by atoms with E-state index in [0.717, 1.165) is 5.56 Å². The van der Waals surface area contributed by atoms with Crippen molar-refractivity contribution in [3.63, 3.8) is 0 Å². The molecule has 1 unspecified atom stereocenters. The minimum Gasteiger partial charge on any atom is -0.349 e. The van der Waals surface area contributed by atoms with Crippen LogP contribution in [-0.4, -0.2) is 15.9 Å². The quantitative estimate of drug-likeness (QED) is 0.716. The van der Waals surface area contributed by atoms with Crippen LogP contribution in [0, 0.1) is 5.92 Å². The molecule has 0 bridgehead atoms. The molecule has 5 heteroatoms. The van der Waals surface area contributed by atoms with Crippen LogP contribution >= 0.6 is 0 Å². The highest BCUT2D eigenvalue weighted by atomic mass is 16.1. The Morgan fingerprint density at radius 1 is 1.08 bits per heavy atom. The summed E-state index contributed by atoms with van der Waals surface area (Å²) < 4.78 is 0. The van der Waals surface area contributed by atoms with Crippen molar-refractivity contribution < 1.29 is 4.79 Å². The zero-order chi connectivity index (χ0) is 18.5. The zero-order valence-corrected chi connectivity index (χ0v) is 15.0. The van der Waals surface area contributed by atoms with Gasteiger partial charge in [0.2, 0.25) is 5.91 Å². The lowest BCUT2D eigenvalue weighted by Gasteiger charge is -2.23. The van der Waals surface area contributed by atoms with Gasteiger partial charge in [0.25, 0.3) is 5.56 Å². The maximum absolute atomic E-state index is 12.4. The van der Waals surface area contributed by atoms with Gasteiger partial charge in [0.1, 0.15) is 5.82 Å². The molecule has 1 aromatic heterocycles. The standard InChI is InChI=1S/C21H23N3O2/c1-14(2)20(15-8-4-3-5-9-15)24-19(25)13-12-18-22-17-11-7-6-10-16(17)21(26)23-18/h3-11,14,20H,12-13H2,1-2H3,(H,24,25)(H,22,23,26). The average molecular weight is 349 g/mol. The molecule has 1 atom stereocenters. The monoisotopic (exact) mass is 349 g/mol. The van der Waals surface area contributed by atoms with Gasteiger partial charge in [-0.05, 0) is 23.6 Å². The number of fused-ring (bicyclic) bond motifs is 1. The lowest BCUT2D eigenvalue weighted by molar-refractivity contribution is -0.122. The second kappa shape index (κ2) is 7.95. The molecular formula is C21H23N3O2. The number of nitrogens with zero attached hydrogens (tertiary/aromatic N) is 1. The van der Waals surface area contributed by atoms with Gasteiger partial charge in [-0.3, -0.25) is 9.59 Å². The first-order valence-electron chi connectivity index (χ1n) is 8.87. The van der Waals surface area contributed by atoms with E-state index < -0.39 is 0 Å². The Balaban J connectivity index is 1.68. The third-order valence-corrected chi connectivity index (χ3v) is 4.39. The lowest BCUT2D eigenvalue weighted by atomic mass is 9.96. The SMILES string of the molecule is CC(C)C(NC(=O)CCc1nc2ccccc2c(=O)[nH]1)c1ccccc1. The molecule has 1 amide bonds. The van der Waals surface area contributed by atoms with E-state index in [4.69, 9.17) is 0 Å². The number of para-hydroxylation sites is 1. The highest BCUT2D eigenvalue weighted by Gasteiger charge is 2.18. The number of carbonyl (C=O) groups excluding carboxylic acids is 1. The summed E-state index contributed by atoms with van der Waals surface area (Å²) in [6.45, 7) is 4.17. The van der Waals surface area contributed by atoms with Crippen molar-refractivity contribution in [1.82, 2.24) is 15.3 Å². The second-order valence-corrected chi connectivity index (χ2v) is 6.73. The van der Waals surface area contributed by atoms with Gasteiger partial charge < -0.3 is 10.3 Å². The molecule has 0 radical (unpaired) electrons. The highest BCUT2D eigenvalue weighted by Crippen LogP contribution is 2.21. The van der Waals surface area contributed by atoms with Crippen molar-refractivity contribution in [3.05, 3.63) is 76.3 Å². The van der Waals surface area contributed by atoms with Crippen LogP contribution in [0.3, 0.4) is 0 Å². The van der Waals surface area contributed by atoms with E-state index in [0.29, 0.717) is 23.1 Å². The Bertz CT molecular complexity index is 948. The maximum Gasteiger partial charge on any atom is 0.258 e. The number of carbonyl (C=O) groups is 1. The number of H-pyrrole nitrogens is 1. The van der Waals surface area contributed by atoms with Crippen molar-refractivity contribution >= 4 is 16.8 Å².